The van der Waals surface area contributed by atoms with Crippen LogP contribution in [-0.4, -0.2) is 32.7 Å². The molecule has 0 aliphatic heterocycles. The van der Waals surface area contributed by atoms with Crippen molar-refractivity contribution in [2.45, 2.75) is 31.9 Å². The number of hydrogen-bond donors (Lipinski definition) is 2. The third-order valence-corrected chi connectivity index (χ3v) is 4.26. The van der Waals surface area contributed by atoms with Gasteiger partial charge in [0.15, 0.2) is 0 Å². The number of anilines is 1. The molecule has 0 bridgehead atoms. The number of aromatic nitrogens is 4. The summed E-state index contributed by atoms with van der Waals surface area (Å²) in [4.78, 5) is 12.2. The third-order valence-electron chi connectivity index (χ3n) is 4.26. The number of tetrazole rings is 1. The van der Waals surface area contributed by atoms with Crippen molar-refractivity contribution in [1.29, 1.82) is 0 Å². The van der Waals surface area contributed by atoms with Crippen LogP contribution in [0.4, 0.5) is 18.9 Å². The summed E-state index contributed by atoms with van der Waals surface area (Å²) in [5.41, 5.74) is 1.25. The standard InChI is InChI=1S/C15H16F3N5O/c16-15(17,18)11-3-1-2-10(8-11)14(24)19-12-6-4-9(5-7-12)13-20-22-23-21-13/h4-7,10-11H,1-3,8H2,(H,19,24)(H,20,21,22,23)/t10-,11-/m1/s1. The van der Waals surface area contributed by atoms with Crippen LogP contribution in [0.5, 0.6) is 0 Å². The molecule has 2 aromatic rings. The molecule has 1 aliphatic carbocycles. The van der Waals surface area contributed by atoms with Crippen LogP contribution >= 0.6 is 0 Å². The number of hydrogen-bond acceptors (Lipinski definition) is 4. The number of alkyl halides is 3. The average Bonchev–Trinajstić information content (AvgIpc) is 3.09. The largest absolute Gasteiger partial charge is 0.391 e. The molecular weight excluding hydrogens is 323 g/mol. The zero-order chi connectivity index (χ0) is 17.2. The van der Waals surface area contributed by atoms with Crippen molar-refractivity contribution in [2.75, 3.05) is 5.32 Å². The van der Waals surface area contributed by atoms with Gasteiger partial charge in [0.2, 0.25) is 11.7 Å². The SMILES string of the molecule is O=C(Nc1ccc(-c2nn[nH]n2)cc1)[C@@H]1CCC[C@@H](C(F)(F)F)C1. The van der Waals surface area contributed by atoms with Gasteiger partial charge in [0.1, 0.15) is 0 Å². The van der Waals surface area contributed by atoms with Crippen molar-refractivity contribution < 1.29 is 18.0 Å². The highest BCUT2D eigenvalue weighted by atomic mass is 19.4. The molecule has 1 fully saturated rings. The fraction of sp³-hybridized carbons (Fsp3) is 0.467. The summed E-state index contributed by atoms with van der Waals surface area (Å²) >= 11 is 0. The van der Waals surface area contributed by atoms with E-state index in [1.54, 1.807) is 24.3 Å². The summed E-state index contributed by atoms with van der Waals surface area (Å²) in [6, 6.07) is 6.74. The van der Waals surface area contributed by atoms with E-state index in [2.05, 4.69) is 25.9 Å². The number of nitrogens with one attached hydrogen (secondary N) is 2. The molecule has 1 aliphatic rings. The van der Waals surface area contributed by atoms with Crippen molar-refractivity contribution in [3.63, 3.8) is 0 Å². The molecule has 0 saturated heterocycles. The van der Waals surface area contributed by atoms with Crippen molar-refractivity contribution in [3.8, 4) is 11.4 Å². The second-order valence-corrected chi connectivity index (χ2v) is 5.90. The molecule has 0 spiro atoms. The van der Waals surface area contributed by atoms with Crippen LogP contribution in [0.25, 0.3) is 11.4 Å². The van der Waals surface area contributed by atoms with Crippen LogP contribution in [-0.2, 0) is 4.79 Å². The molecule has 1 aromatic carbocycles. The lowest BCUT2D eigenvalue weighted by atomic mass is 9.80. The molecule has 6 nitrogen and oxygen atoms in total. The van der Waals surface area contributed by atoms with Crippen LogP contribution in [0.1, 0.15) is 25.7 Å². The maximum absolute atomic E-state index is 12.8. The van der Waals surface area contributed by atoms with Gasteiger partial charge in [-0.1, -0.05) is 6.42 Å². The lowest BCUT2D eigenvalue weighted by Crippen LogP contribution is -2.34. The van der Waals surface area contributed by atoms with Crippen molar-refractivity contribution in [3.05, 3.63) is 24.3 Å². The van der Waals surface area contributed by atoms with E-state index in [9.17, 15) is 18.0 Å². The molecule has 9 heteroatoms. The molecule has 1 aromatic heterocycles. The Kier molecular flexibility index (Phi) is 4.50. The van der Waals surface area contributed by atoms with Gasteiger partial charge < -0.3 is 5.32 Å². The second kappa shape index (κ2) is 6.58. The molecule has 2 N–H and O–H groups in total. The Hall–Kier alpha value is -2.45. The fourth-order valence-corrected chi connectivity index (χ4v) is 2.96. The van der Waals surface area contributed by atoms with E-state index in [0.717, 1.165) is 5.56 Å². The topological polar surface area (TPSA) is 83.6 Å². The summed E-state index contributed by atoms with van der Waals surface area (Å²) in [7, 11) is 0. The van der Waals surface area contributed by atoms with Crippen LogP contribution in [0.2, 0.25) is 0 Å². The monoisotopic (exact) mass is 339 g/mol. The first-order chi connectivity index (χ1) is 11.4. The van der Waals surface area contributed by atoms with Crippen molar-refractivity contribution >= 4 is 11.6 Å². The maximum atomic E-state index is 12.8. The first-order valence-electron chi connectivity index (χ1n) is 7.65. The molecular formula is C15H16F3N5O. The molecule has 1 saturated carbocycles. The average molecular weight is 339 g/mol. The van der Waals surface area contributed by atoms with Crippen LogP contribution < -0.4 is 5.32 Å². The minimum Gasteiger partial charge on any atom is -0.326 e. The Balaban J connectivity index is 1.62. The summed E-state index contributed by atoms with van der Waals surface area (Å²) in [6.07, 6.45) is -3.37. The summed E-state index contributed by atoms with van der Waals surface area (Å²) in [5.74, 6) is -1.94. The van der Waals surface area contributed by atoms with E-state index in [1.165, 1.54) is 0 Å². The smallest absolute Gasteiger partial charge is 0.326 e. The number of aromatic amines is 1. The second-order valence-electron chi connectivity index (χ2n) is 5.90. The summed E-state index contributed by atoms with van der Waals surface area (Å²) < 4.78 is 38.5. The minimum absolute atomic E-state index is 0.104. The van der Waals surface area contributed by atoms with E-state index in [4.69, 9.17) is 0 Å². The number of rotatable bonds is 3. The highest BCUT2D eigenvalue weighted by Crippen LogP contribution is 2.40. The van der Waals surface area contributed by atoms with E-state index >= 15 is 0 Å². The van der Waals surface area contributed by atoms with E-state index < -0.39 is 18.0 Å². The molecule has 1 amide bonds. The molecule has 2 atom stereocenters. The number of carbonyl (C=O) groups excluding carboxylic acids is 1. The van der Waals surface area contributed by atoms with Gasteiger partial charge in [0, 0.05) is 17.2 Å². The summed E-state index contributed by atoms with van der Waals surface area (Å²) in [6.45, 7) is 0. The number of benzene rings is 1. The van der Waals surface area contributed by atoms with Gasteiger partial charge in [-0.3, -0.25) is 4.79 Å². The predicted octanol–water partition coefficient (Wildman–Crippen LogP) is 3.17. The number of amides is 1. The first kappa shape index (κ1) is 16.4. The van der Waals surface area contributed by atoms with Gasteiger partial charge in [-0.15, -0.1) is 10.2 Å². The normalized spacial score (nSPS) is 21.5. The highest BCUT2D eigenvalue weighted by molar-refractivity contribution is 5.92. The Bertz CT molecular complexity index is 684. The lowest BCUT2D eigenvalue weighted by molar-refractivity contribution is -0.185. The number of nitrogens with zero attached hydrogens (tertiary/aromatic N) is 3. The Morgan fingerprint density at radius 1 is 1.21 bits per heavy atom. The third kappa shape index (κ3) is 3.72. The molecule has 1 heterocycles. The molecule has 0 unspecified atom stereocenters. The molecule has 0 radical (unpaired) electrons. The van der Waals surface area contributed by atoms with Gasteiger partial charge in [-0.05, 0) is 48.7 Å². The molecule has 3 rings (SSSR count). The van der Waals surface area contributed by atoms with Gasteiger partial charge in [0.25, 0.3) is 0 Å². The van der Waals surface area contributed by atoms with Crippen LogP contribution in [0, 0.1) is 11.8 Å². The van der Waals surface area contributed by atoms with Gasteiger partial charge in [-0.25, -0.2) is 0 Å². The number of halogens is 3. The predicted molar refractivity (Wildman–Crippen MR) is 79.7 cm³/mol. The van der Waals surface area contributed by atoms with E-state index in [0.29, 0.717) is 24.4 Å². The summed E-state index contributed by atoms with van der Waals surface area (Å²) in [5, 5.41) is 16.2. The minimum atomic E-state index is -4.23. The first-order valence-corrected chi connectivity index (χ1v) is 7.65. The van der Waals surface area contributed by atoms with Crippen molar-refractivity contribution in [2.24, 2.45) is 11.8 Å². The Morgan fingerprint density at radius 2 is 1.96 bits per heavy atom. The van der Waals surface area contributed by atoms with Gasteiger partial charge in [0.05, 0.1) is 5.92 Å². The highest BCUT2D eigenvalue weighted by Gasteiger charge is 2.43. The zero-order valence-corrected chi connectivity index (χ0v) is 12.7. The van der Waals surface area contributed by atoms with Crippen LogP contribution in [0.3, 0.4) is 0 Å². The molecule has 128 valence electrons. The van der Waals surface area contributed by atoms with E-state index in [-0.39, 0.29) is 18.7 Å². The van der Waals surface area contributed by atoms with Crippen molar-refractivity contribution in [1.82, 2.24) is 20.6 Å². The molecule has 24 heavy (non-hydrogen) atoms. The Labute approximate surface area is 135 Å². The fourth-order valence-electron chi connectivity index (χ4n) is 2.96. The quantitative estimate of drug-likeness (QED) is 0.900. The van der Waals surface area contributed by atoms with E-state index in [1.807, 2.05) is 0 Å². The number of H-pyrrole nitrogens is 1. The zero-order valence-electron chi connectivity index (χ0n) is 12.7. The van der Waals surface area contributed by atoms with Gasteiger partial charge in [-0.2, -0.15) is 18.4 Å². The van der Waals surface area contributed by atoms with Crippen LogP contribution in [0.15, 0.2) is 24.3 Å². The maximum Gasteiger partial charge on any atom is 0.391 e. The van der Waals surface area contributed by atoms with Gasteiger partial charge >= 0.3 is 6.18 Å². The Morgan fingerprint density at radius 3 is 2.58 bits per heavy atom. The number of carbonyl (C=O) groups is 1. The lowest BCUT2D eigenvalue weighted by Gasteiger charge is -2.29.